The van der Waals surface area contributed by atoms with Gasteiger partial charge in [-0.05, 0) is 37.1 Å². The van der Waals surface area contributed by atoms with E-state index in [9.17, 15) is 21.2 Å². The molecule has 0 spiro atoms. The molecule has 0 aromatic heterocycles. The molecule has 2 atom stereocenters. The number of aryl methyl sites for hydroxylation is 2. The number of halogens is 1. The van der Waals surface area contributed by atoms with Crippen molar-refractivity contribution >= 4 is 19.7 Å². The van der Waals surface area contributed by atoms with Gasteiger partial charge in [0.1, 0.15) is 10.7 Å². The van der Waals surface area contributed by atoms with Gasteiger partial charge in [0.2, 0.25) is 0 Å². The molecule has 27 heavy (non-hydrogen) atoms. The third-order valence-electron chi connectivity index (χ3n) is 4.74. The molecule has 0 unspecified atom stereocenters. The first-order valence-corrected chi connectivity index (χ1v) is 11.9. The number of sulfone groups is 2. The molecule has 8 heteroatoms. The van der Waals surface area contributed by atoms with E-state index in [0.717, 1.165) is 17.2 Å². The molecule has 5 nitrogen and oxygen atoms in total. The van der Waals surface area contributed by atoms with Gasteiger partial charge in [-0.1, -0.05) is 35.9 Å². The smallest absolute Gasteiger partial charge is 0.186 e. The monoisotopic (exact) mass is 411 g/mol. The summed E-state index contributed by atoms with van der Waals surface area (Å²) >= 11 is 0. The fraction of sp³-hybridized carbons (Fsp3) is 0.368. The molecule has 3 rings (SSSR count). The Balaban J connectivity index is 1.90. The van der Waals surface area contributed by atoms with Crippen LogP contribution in [0, 0.1) is 19.7 Å². The number of hydrogen-bond acceptors (Lipinski definition) is 5. The lowest BCUT2D eigenvalue weighted by Gasteiger charge is -2.20. The van der Waals surface area contributed by atoms with Gasteiger partial charge >= 0.3 is 0 Å². The molecule has 1 N–H and O–H groups in total. The van der Waals surface area contributed by atoms with E-state index in [2.05, 4.69) is 5.32 Å². The fourth-order valence-electron chi connectivity index (χ4n) is 3.37. The molecule has 1 heterocycles. The Bertz CT molecular complexity index is 1060. The van der Waals surface area contributed by atoms with Crippen molar-refractivity contribution in [1.29, 1.82) is 0 Å². The second kappa shape index (κ2) is 7.33. The molecular formula is C19H22FNO4S2. The zero-order chi connectivity index (χ0) is 19.8. The first-order valence-electron chi connectivity index (χ1n) is 8.58. The second-order valence-electron chi connectivity index (χ2n) is 7.07. The van der Waals surface area contributed by atoms with Gasteiger partial charge in [-0.2, -0.15) is 0 Å². The van der Waals surface area contributed by atoms with Gasteiger partial charge in [-0.25, -0.2) is 21.2 Å². The average molecular weight is 412 g/mol. The topological polar surface area (TPSA) is 80.3 Å². The summed E-state index contributed by atoms with van der Waals surface area (Å²) in [5.41, 5.74) is 2.58. The molecule has 0 saturated carbocycles. The van der Waals surface area contributed by atoms with Crippen LogP contribution in [0.15, 0.2) is 47.4 Å². The Morgan fingerprint density at radius 1 is 1.07 bits per heavy atom. The minimum absolute atomic E-state index is 0.282. The Kier molecular flexibility index (Phi) is 5.42. The molecule has 0 amide bonds. The van der Waals surface area contributed by atoms with Gasteiger partial charge in [0.05, 0.1) is 16.8 Å². The van der Waals surface area contributed by atoms with E-state index >= 15 is 0 Å². The van der Waals surface area contributed by atoms with Gasteiger partial charge in [-0.15, -0.1) is 0 Å². The van der Waals surface area contributed by atoms with Crippen LogP contribution >= 0.6 is 0 Å². The molecule has 2 aromatic carbocycles. The summed E-state index contributed by atoms with van der Waals surface area (Å²) < 4.78 is 64.5. The molecule has 0 radical (unpaired) electrons. The quantitative estimate of drug-likeness (QED) is 0.816. The van der Waals surface area contributed by atoms with E-state index in [4.69, 9.17) is 0 Å². The summed E-state index contributed by atoms with van der Waals surface area (Å²) in [6, 6.07) is 10.7. The van der Waals surface area contributed by atoms with Crippen LogP contribution in [0.3, 0.4) is 0 Å². The average Bonchev–Trinajstić information content (AvgIpc) is 2.91. The normalized spacial score (nSPS) is 22.0. The standard InChI is InChI=1S/C19H22FNO4S2/c1-13-4-3-5-15(8-13)10-21-17-11-26(22,23)12-19(17)27(24,25)18-9-14(2)6-7-16(18)20/h3-9,17,19,21H,10-12H2,1-2H3/t17-,19-/m0/s1. The maximum absolute atomic E-state index is 14.2. The zero-order valence-corrected chi connectivity index (χ0v) is 16.8. The van der Waals surface area contributed by atoms with Crippen molar-refractivity contribution < 1.29 is 21.2 Å². The van der Waals surface area contributed by atoms with E-state index in [1.165, 1.54) is 12.1 Å². The highest BCUT2D eigenvalue weighted by molar-refractivity contribution is 7.96. The van der Waals surface area contributed by atoms with Crippen LogP contribution in [0.4, 0.5) is 4.39 Å². The van der Waals surface area contributed by atoms with Gasteiger partial charge in [0.25, 0.3) is 0 Å². The maximum atomic E-state index is 14.2. The Morgan fingerprint density at radius 2 is 1.78 bits per heavy atom. The molecule has 1 aliphatic rings. The fourth-order valence-corrected chi connectivity index (χ4v) is 8.24. The summed E-state index contributed by atoms with van der Waals surface area (Å²) in [7, 11) is -7.68. The van der Waals surface area contributed by atoms with E-state index in [-0.39, 0.29) is 5.75 Å². The molecular weight excluding hydrogens is 389 g/mol. The Morgan fingerprint density at radius 3 is 2.48 bits per heavy atom. The lowest BCUT2D eigenvalue weighted by molar-refractivity contribution is 0.518. The molecule has 1 fully saturated rings. The van der Waals surface area contributed by atoms with Crippen molar-refractivity contribution in [2.24, 2.45) is 0 Å². The first kappa shape index (κ1) is 20.0. The van der Waals surface area contributed by atoms with Crippen molar-refractivity contribution in [1.82, 2.24) is 5.32 Å². The van der Waals surface area contributed by atoms with Crippen molar-refractivity contribution in [3.63, 3.8) is 0 Å². The highest BCUT2D eigenvalue weighted by Crippen LogP contribution is 2.28. The zero-order valence-electron chi connectivity index (χ0n) is 15.1. The van der Waals surface area contributed by atoms with Gasteiger partial charge in [0.15, 0.2) is 19.7 Å². The van der Waals surface area contributed by atoms with Crippen LogP contribution in [0.5, 0.6) is 0 Å². The van der Waals surface area contributed by atoms with Gasteiger partial charge in [-0.3, -0.25) is 0 Å². The number of benzene rings is 2. The van der Waals surface area contributed by atoms with E-state index in [1.54, 1.807) is 6.92 Å². The third-order valence-corrected chi connectivity index (χ3v) is 8.91. The molecule has 1 aliphatic heterocycles. The highest BCUT2D eigenvalue weighted by atomic mass is 32.2. The van der Waals surface area contributed by atoms with Gasteiger partial charge in [0, 0.05) is 12.6 Å². The molecule has 1 saturated heterocycles. The number of rotatable bonds is 5. The third kappa shape index (κ3) is 4.39. The van der Waals surface area contributed by atoms with Crippen LogP contribution in [-0.4, -0.2) is 39.6 Å². The molecule has 2 aromatic rings. The van der Waals surface area contributed by atoms with E-state index in [0.29, 0.717) is 12.1 Å². The van der Waals surface area contributed by atoms with Crippen LogP contribution in [0.1, 0.15) is 16.7 Å². The largest absolute Gasteiger partial charge is 0.308 e. The predicted molar refractivity (Wildman–Crippen MR) is 103 cm³/mol. The summed E-state index contributed by atoms with van der Waals surface area (Å²) in [6.45, 7) is 3.94. The summed E-state index contributed by atoms with van der Waals surface area (Å²) in [4.78, 5) is -0.438. The van der Waals surface area contributed by atoms with E-state index < -0.39 is 47.4 Å². The lowest BCUT2D eigenvalue weighted by Crippen LogP contribution is -2.43. The van der Waals surface area contributed by atoms with Crippen LogP contribution in [-0.2, 0) is 26.2 Å². The minimum atomic E-state index is -4.14. The second-order valence-corrected chi connectivity index (χ2v) is 11.4. The summed E-state index contributed by atoms with van der Waals surface area (Å²) in [5, 5.41) is 1.84. The number of nitrogens with one attached hydrogen (secondary N) is 1. The summed E-state index contributed by atoms with van der Waals surface area (Å²) in [6.07, 6.45) is 0. The first-order chi connectivity index (χ1) is 12.6. The summed E-state index contributed by atoms with van der Waals surface area (Å²) in [5.74, 6) is -1.65. The molecule has 0 aliphatic carbocycles. The lowest BCUT2D eigenvalue weighted by atomic mass is 10.1. The number of hydrogen-bond donors (Lipinski definition) is 1. The van der Waals surface area contributed by atoms with Gasteiger partial charge < -0.3 is 5.32 Å². The SMILES string of the molecule is Cc1cccc(CN[C@H]2CS(=O)(=O)C[C@@H]2S(=O)(=O)c2cc(C)ccc2F)c1. The van der Waals surface area contributed by atoms with Crippen molar-refractivity contribution in [2.75, 3.05) is 11.5 Å². The van der Waals surface area contributed by atoms with E-state index in [1.807, 2.05) is 31.2 Å². The van der Waals surface area contributed by atoms with Crippen LogP contribution in [0.2, 0.25) is 0 Å². The van der Waals surface area contributed by atoms with Crippen LogP contribution in [0.25, 0.3) is 0 Å². The molecule has 0 bridgehead atoms. The Labute approximate surface area is 159 Å². The van der Waals surface area contributed by atoms with Crippen molar-refractivity contribution in [3.05, 3.63) is 65.0 Å². The van der Waals surface area contributed by atoms with Crippen LogP contribution < -0.4 is 5.32 Å². The van der Waals surface area contributed by atoms with Crippen molar-refractivity contribution in [3.8, 4) is 0 Å². The maximum Gasteiger partial charge on any atom is 0.186 e. The van der Waals surface area contributed by atoms with Crippen molar-refractivity contribution in [2.45, 2.75) is 36.6 Å². The highest BCUT2D eigenvalue weighted by Gasteiger charge is 2.46. The Hall–Kier alpha value is -1.77. The molecule has 146 valence electrons. The minimum Gasteiger partial charge on any atom is -0.308 e. The predicted octanol–water partition coefficient (Wildman–Crippen LogP) is 2.17.